The fraction of sp³-hybridized carbons (Fsp3) is 0.773. The molecule has 0 aromatic rings. The third-order valence-corrected chi connectivity index (χ3v) is 5.02. The Bertz CT molecular complexity index is 648. The van der Waals surface area contributed by atoms with Crippen LogP contribution in [0.5, 0.6) is 0 Å². The van der Waals surface area contributed by atoms with E-state index >= 15 is 0 Å². The van der Waals surface area contributed by atoms with Crippen LogP contribution in [0.3, 0.4) is 0 Å². The SMILES string of the molecule is C=CCNC(=O)C(O)C(N)CC1CC1.CC(C)(C)OC(=O)NC(CC1CC1)C(O)C(=O)O.Cl. The number of carbonyl (C=O) groups excluding carboxylic acids is 2. The lowest BCUT2D eigenvalue weighted by molar-refractivity contribution is -0.148. The minimum absolute atomic E-state index is 0. The van der Waals surface area contributed by atoms with Gasteiger partial charge in [0.15, 0.2) is 6.10 Å². The number of amides is 2. The maximum Gasteiger partial charge on any atom is 0.407 e. The predicted molar refractivity (Wildman–Crippen MR) is 126 cm³/mol. The van der Waals surface area contributed by atoms with Crippen LogP contribution in [-0.2, 0) is 14.3 Å². The van der Waals surface area contributed by atoms with Crippen LogP contribution in [0.2, 0.25) is 0 Å². The lowest BCUT2D eigenvalue weighted by Crippen LogP contribution is -2.48. The summed E-state index contributed by atoms with van der Waals surface area (Å²) in [7, 11) is 0. The van der Waals surface area contributed by atoms with Gasteiger partial charge in [0.25, 0.3) is 5.91 Å². The van der Waals surface area contributed by atoms with Gasteiger partial charge in [-0.25, -0.2) is 9.59 Å². The molecule has 192 valence electrons. The Morgan fingerprint density at radius 2 is 1.61 bits per heavy atom. The highest BCUT2D eigenvalue weighted by Crippen LogP contribution is 2.34. The summed E-state index contributed by atoms with van der Waals surface area (Å²) in [5, 5.41) is 32.8. The summed E-state index contributed by atoms with van der Waals surface area (Å²) >= 11 is 0. The van der Waals surface area contributed by atoms with Crippen molar-refractivity contribution in [1.82, 2.24) is 10.6 Å². The maximum absolute atomic E-state index is 11.6. The summed E-state index contributed by atoms with van der Waals surface area (Å²) in [5.74, 6) is -0.736. The van der Waals surface area contributed by atoms with Gasteiger partial charge in [-0.15, -0.1) is 19.0 Å². The number of rotatable bonds is 11. The molecule has 0 bridgehead atoms. The first-order valence-electron chi connectivity index (χ1n) is 11.1. The monoisotopic (exact) mass is 493 g/mol. The molecule has 0 aliphatic heterocycles. The second-order valence-corrected chi connectivity index (χ2v) is 9.54. The summed E-state index contributed by atoms with van der Waals surface area (Å²) in [4.78, 5) is 33.6. The summed E-state index contributed by atoms with van der Waals surface area (Å²) in [6.45, 7) is 8.99. The number of alkyl carbamates (subject to hydrolysis) is 1. The van der Waals surface area contributed by atoms with Gasteiger partial charge in [-0.3, -0.25) is 4.79 Å². The molecule has 2 amide bonds. The average Bonchev–Trinajstić information content (AvgIpc) is 3.60. The van der Waals surface area contributed by atoms with Crippen LogP contribution >= 0.6 is 12.4 Å². The number of hydrogen-bond acceptors (Lipinski definition) is 7. The molecule has 0 aromatic heterocycles. The Labute approximate surface area is 201 Å². The summed E-state index contributed by atoms with van der Waals surface area (Å²) < 4.78 is 5.05. The van der Waals surface area contributed by atoms with Crippen LogP contribution in [0, 0.1) is 11.8 Å². The molecule has 2 aliphatic rings. The van der Waals surface area contributed by atoms with E-state index in [0.29, 0.717) is 24.8 Å². The topological polar surface area (TPSA) is 171 Å². The number of aliphatic carboxylic acids is 1. The summed E-state index contributed by atoms with van der Waals surface area (Å²) in [5.41, 5.74) is 5.04. The Morgan fingerprint density at radius 3 is 2.03 bits per heavy atom. The number of nitrogens with one attached hydrogen (secondary N) is 2. The van der Waals surface area contributed by atoms with E-state index in [2.05, 4.69) is 17.2 Å². The average molecular weight is 494 g/mol. The molecule has 0 heterocycles. The fourth-order valence-corrected chi connectivity index (χ4v) is 2.95. The Kier molecular flexibility index (Phi) is 13.6. The van der Waals surface area contributed by atoms with Gasteiger partial charge in [0.2, 0.25) is 0 Å². The zero-order valence-corrected chi connectivity index (χ0v) is 20.5. The molecular formula is C22H40ClN3O7. The predicted octanol–water partition coefficient (Wildman–Crippen LogP) is 1.32. The number of aliphatic hydroxyl groups is 2. The van der Waals surface area contributed by atoms with Crippen molar-refractivity contribution in [3.63, 3.8) is 0 Å². The van der Waals surface area contributed by atoms with Gasteiger partial charge in [-0.05, 0) is 45.4 Å². The molecule has 33 heavy (non-hydrogen) atoms. The molecule has 0 aromatic carbocycles. The zero-order valence-electron chi connectivity index (χ0n) is 19.7. The standard InChI is InChI=1S/C12H21NO5.C10H18N2O2.ClH/c1-12(2,3)18-11(17)13-8(6-7-4-5-7)9(14)10(15)16;1-2-5-12-10(14)9(13)8(11)6-7-3-4-7;/h7-9,14H,4-6H2,1-3H3,(H,13,17)(H,15,16);2,7-9,13H,1,3-6,11H2,(H,12,14);1H. The molecule has 2 aliphatic carbocycles. The van der Waals surface area contributed by atoms with Crippen molar-refractivity contribution in [2.75, 3.05) is 6.54 Å². The molecule has 11 heteroatoms. The number of carbonyl (C=O) groups is 3. The number of halogens is 1. The van der Waals surface area contributed by atoms with Gasteiger partial charge in [0.1, 0.15) is 11.7 Å². The molecule has 4 atom stereocenters. The number of carboxylic acids is 1. The number of ether oxygens (including phenoxy) is 1. The van der Waals surface area contributed by atoms with Crippen LogP contribution in [0.4, 0.5) is 4.79 Å². The van der Waals surface area contributed by atoms with Gasteiger partial charge in [-0.2, -0.15) is 0 Å². The fourth-order valence-electron chi connectivity index (χ4n) is 2.95. The Morgan fingerprint density at radius 1 is 1.09 bits per heavy atom. The van der Waals surface area contributed by atoms with E-state index in [1.165, 1.54) is 12.8 Å². The van der Waals surface area contributed by atoms with E-state index in [-0.39, 0.29) is 12.4 Å². The normalized spacial score (nSPS) is 18.7. The first-order chi connectivity index (χ1) is 14.8. The smallest absolute Gasteiger partial charge is 0.407 e. The lowest BCUT2D eigenvalue weighted by atomic mass is 10.0. The van der Waals surface area contributed by atoms with Crippen molar-refractivity contribution in [3.8, 4) is 0 Å². The third kappa shape index (κ3) is 14.1. The molecule has 10 nitrogen and oxygen atoms in total. The zero-order chi connectivity index (χ0) is 24.5. The molecule has 0 saturated heterocycles. The van der Waals surface area contributed by atoms with Crippen molar-refractivity contribution in [2.24, 2.45) is 17.6 Å². The van der Waals surface area contributed by atoms with Gasteiger partial charge < -0.3 is 36.4 Å². The Balaban J connectivity index is 0.000000620. The molecule has 0 spiro atoms. The molecular weight excluding hydrogens is 454 g/mol. The minimum Gasteiger partial charge on any atom is -0.479 e. The van der Waals surface area contributed by atoms with Gasteiger partial charge >= 0.3 is 12.1 Å². The van der Waals surface area contributed by atoms with E-state index in [9.17, 15) is 24.6 Å². The van der Waals surface area contributed by atoms with E-state index in [4.69, 9.17) is 15.6 Å². The molecule has 2 rings (SSSR count). The maximum atomic E-state index is 11.6. The van der Waals surface area contributed by atoms with Crippen molar-refractivity contribution in [2.45, 2.75) is 89.2 Å². The largest absolute Gasteiger partial charge is 0.479 e. The molecule has 2 fully saturated rings. The molecule has 2 saturated carbocycles. The number of aliphatic hydroxyl groups excluding tert-OH is 2. The molecule has 4 unspecified atom stereocenters. The lowest BCUT2D eigenvalue weighted by Gasteiger charge is -2.25. The van der Waals surface area contributed by atoms with Crippen molar-refractivity contribution < 1.29 is 34.4 Å². The van der Waals surface area contributed by atoms with Crippen molar-refractivity contribution in [1.29, 1.82) is 0 Å². The molecule has 7 N–H and O–H groups in total. The van der Waals surface area contributed by atoms with Crippen molar-refractivity contribution in [3.05, 3.63) is 12.7 Å². The van der Waals surface area contributed by atoms with Gasteiger partial charge in [0.05, 0.1) is 6.04 Å². The highest BCUT2D eigenvalue weighted by molar-refractivity contribution is 5.85. The summed E-state index contributed by atoms with van der Waals surface area (Å²) in [6.07, 6.45) is 3.76. The number of hydrogen-bond donors (Lipinski definition) is 6. The highest BCUT2D eigenvalue weighted by atomic mass is 35.5. The van der Waals surface area contributed by atoms with Gasteiger partial charge in [0, 0.05) is 12.6 Å². The first kappa shape index (κ1) is 31.1. The van der Waals surface area contributed by atoms with Crippen LogP contribution in [0.15, 0.2) is 12.7 Å². The highest BCUT2D eigenvalue weighted by Gasteiger charge is 2.34. The van der Waals surface area contributed by atoms with Crippen LogP contribution in [0.25, 0.3) is 0 Å². The van der Waals surface area contributed by atoms with E-state index in [1.54, 1.807) is 26.8 Å². The van der Waals surface area contributed by atoms with E-state index < -0.39 is 47.9 Å². The molecule has 0 radical (unpaired) electrons. The van der Waals surface area contributed by atoms with E-state index in [0.717, 1.165) is 19.3 Å². The second-order valence-electron chi connectivity index (χ2n) is 9.54. The number of nitrogens with two attached hydrogens (primary N) is 1. The minimum atomic E-state index is -1.60. The van der Waals surface area contributed by atoms with Crippen LogP contribution in [0.1, 0.15) is 59.3 Å². The van der Waals surface area contributed by atoms with Gasteiger partial charge in [-0.1, -0.05) is 31.8 Å². The Hall–Kier alpha value is -1.88. The first-order valence-corrected chi connectivity index (χ1v) is 11.1. The van der Waals surface area contributed by atoms with Crippen LogP contribution < -0.4 is 16.4 Å². The quantitative estimate of drug-likeness (QED) is 0.234. The van der Waals surface area contributed by atoms with Crippen molar-refractivity contribution >= 4 is 30.4 Å². The van der Waals surface area contributed by atoms with E-state index in [1.807, 2.05) is 0 Å². The summed E-state index contributed by atoms with van der Waals surface area (Å²) in [6, 6.07) is -1.24. The number of carboxylic acid groups (broad SMARTS) is 1. The third-order valence-electron chi connectivity index (χ3n) is 5.02. The van der Waals surface area contributed by atoms with Crippen LogP contribution in [-0.4, -0.2) is 69.7 Å². The second kappa shape index (κ2) is 14.4.